The van der Waals surface area contributed by atoms with E-state index in [0.29, 0.717) is 11.7 Å². The molecule has 1 amide bonds. The lowest BCUT2D eigenvalue weighted by molar-refractivity contribution is -0.115. The number of anilines is 1. The lowest BCUT2D eigenvalue weighted by Gasteiger charge is -2.13. The molecule has 0 aliphatic rings. The number of methoxy groups -OCH3 is 1. The largest absolute Gasteiger partial charge is 0.497 e. The molecular weight excluding hydrogens is 396 g/mol. The Bertz CT molecular complexity index is 997. The van der Waals surface area contributed by atoms with E-state index in [1.165, 1.54) is 17.3 Å². The first-order chi connectivity index (χ1) is 14.5. The molecule has 30 heavy (non-hydrogen) atoms. The number of ether oxygens (including phenoxy) is 1. The van der Waals surface area contributed by atoms with Crippen LogP contribution in [0.1, 0.15) is 19.4 Å². The van der Waals surface area contributed by atoms with Crippen LogP contribution in [0.3, 0.4) is 0 Å². The molecule has 1 N–H and O–H groups in total. The molecule has 3 rings (SSSR count). The second-order valence-electron chi connectivity index (χ2n) is 6.73. The molecule has 156 valence electrons. The van der Waals surface area contributed by atoms with Crippen LogP contribution in [0.25, 0.3) is 11.4 Å². The van der Waals surface area contributed by atoms with Gasteiger partial charge in [0.15, 0.2) is 11.0 Å². The molecule has 6 nitrogen and oxygen atoms in total. The van der Waals surface area contributed by atoms with Gasteiger partial charge in [-0.25, -0.2) is 0 Å². The highest BCUT2D eigenvalue weighted by Crippen LogP contribution is 2.28. The minimum absolute atomic E-state index is 0.0802. The van der Waals surface area contributed by atoms with Crippen molar-refractivity contribution in [2.45, 2.75) is 37.2 Å². The van der Waals surface area contributed by atoms with Gasteiger partial charge in [0.2, 0.25) is 5.91 Å². The van der Waals surface area contributed by atoms with Gasteiger partial charge < -0.3 is 10.1 Å². The molecular formula is C23H26N4O2S. The van der Waals surface area contributed by atoms with Crippen LogP contribution < -0.4 is 10.1 Å². The van der Waals surface area contributed by atoms with E-state index in [-0.39, 0.29) is 11.2 Å². The fourth-order valence-corrected chi connectivity index (χ4v) is 3.76. The highest BCUT2D eigenvalue weighted by molar-refractivity contribution is 8.00. The zero-order chi connectivity index (χ0) is 21.5. The van der Waals surface area contributed by atoms with E-state index in [1.807, 2.05) is 60.0 Å². The highest BCUT2D eigenvalue weighted by atomic mass is 32.2. The summed E-state index contributed by atoms with van der Waals surface area (Å²) in [5, 5.41) is 12.0. The summed E-state index contributed by atoms with van der Waals surface area (Å²) in [5.41, 5.74) is 2.94. The maximum atomic E-state index is 12.7. The van der Waals surface area contributed by atoms with Gasteiger partial charge in [0.25, 0.3) is 0 Å². The summed E-state index contributed by atoms with van der Waals surface area (Å²) in [6, 6.07) is 15.5. The number of nitrogens with one attached hydrogen (secondary N) is 1. The number of aromatic nitrogens is 3. The zero-order valence-corrected chi connectivity index (χ0v) is 18.3. The molecule has 1 heterocycles. The van der Waals surface area contributed by atoms with Crippen molar-refractivity contribution in [3.8, 4) is 17.1 Å². The summed E-state index contributed by atoms with van der Waals surface area (Å²) < 4.78 is 7.18. The maximum absolute atomic E-state index is 12.7. The van der Waals surface area contributed by atoms with E-state index in [1.54, 1.807) is 13.2 Å². The van der Waals surface area contributed by atoms with Crippen LogP contribution in [0.4, 0.5) is 5.69 Å². The van der Waals surface area contributed by atoms with Crippen LogP contribution in [-0.2, 0) is 17.8 Å². The first kappa shape index (κ1) is 21.6. The van der Waals surface area contributed by atoms with Gasteiger partial charge in [0, 0.05) is 17.8 Å². The Labute approximate surface area is 181 Å². The van der Waals surface area contributed by atoms with Gasteiger partial charge in [-0.2, -0.15) is 0 Å². The van der Waals surface area contributed by atoms with Crippen LogP contribution in [0, 0.1) is 0 Å². The number of rotatable bonds is 9. The molecule has 0 aliphatic heterocycles. The summed E-state index contributed by atoms with van der Waals surface area (Å²) in [6.07, 6.45) is 2.76. The van der Waals surface area contributed by atoms with Crippen molar-refractivity contribution in [2.75, 3.05) is 12.4 Å². The van der Waals surface area contributed by atoms with E-state index < -0.39 is 0 Å². The van der Waals surface area contributed by atoms with Crippen molar-refractivity contribution in [1.82, 2.24) is 14.8 Å². The summed E-state index contributed by atoms with van der Waals surface area (Å²) in [7, 11) is 1.63. The Hall–Kier alpha value is -3.06. The molecule has 0 bridgehead atoms. The normalized spacial score (nSPS) is 11.7. The molecule has 1 atom stereocenters. The molecule has 0 aliphatic carbocycles. The Morgan fingerprint density at radius 2 is 1.90 bits per heavy atom. The maximum Gasteiger partial charge on any atom is 0.237 e. The number of aryl methyl sites for hydroxylation is 1. The first-order valence-electron chi connectivity index (χ1n) is 9.80. The predicted molar refractivity (Wildman–Crippen MR) is 122 cm³/mol. The summed E-state index contributed by atoms with van der Waals surface area (Å²) in [6.45, 7) is 8.35. The fourth-order valence-electron chi connectivity index (χ4n) is 2.90. The van der Waals surface area contributed by atoms with Crippen molar-refractivity contribution in [3.05, 3.63) is 66.7 Å². The number of carbonyl (C=O) groups is 1. The molecule has 1 aromatic heterocycles. The Morgan fingerprint density at radius 1 is 1.20 bits per heavy atom. The average Bonchev–Trinajstić information content (AvgIpc) is 3.16. The monoisotopic (exact) mass is 422 g/mol. The zero-order valence-electron chi connectivity index (χ0n) is 17.5. The second kappa shape index (κ2) is 10.1. The standard InChI is InChI=1S/C23H26N4O2S/c1-5-15-27-21(18-9-13-20(29-4)14-10-18)25-26-23(27)30-16(3)22(28)24-19-11-7-17(6-2)8-12-19/h5,7-14,16H,1,6,15H2,2-4H3,(H,24,28). The molecule has 1 unspecified atom stereocenters. The van der Waals surface area contributed by atoms with Crippen molar-refractivity contribution >= 4 is 23.4 Å². The van der Waals surface area contributed by atoms with Gasteiger partial charge in [-0.05, 0) is 55.3 Å². The van der Waals surface area contributed by atoms with Crippen LogP contribution in [0.15, 0.2) is 66.3 Å². The number of hydrogen-bond donors (Lipinski definition) is 1. The van der Waals surface area contributed by atoms with Crippen LogP contribution in [-0.4, -0.2) is 33.0 Å². The molecule has 0 spiro atoms. The van der Waals surface area contributed by atoms with Crippen LogP contribution >= 0.6 is 11.8 Å². The lowest BCUT2D eigenvalue weighted by Crippen LogP contribution is -2.23. The molecule has 0 saturated carbocycles. The Kier molecular flexibility index (Phi) is 7.30. The smallest absolute Gasteiger partial charge is 0.237 e. The number of hydrogen-bond acceptors (Lipinski definition) is 5. The van der Waals surface area contributed by atoms with Crippen molar-refractivity contribution in [2.24, 2.45) is 0 Å². The number of nitrogens with zero attached hydrogens (tertiary/aromatic N) is 3. The average molecular weight is 423 g/mol. The summed E-state index contributed by atoms with van der Waals surface area (Å²) in [4.78, 5) is 12.7. The second-order valence-corrected chi connectivity index (χ2v) is 8.04. The summed E-state index contributed by atoms with van der Waals surface area (Å²) >= 11 is 1.37. The quantitative estimate of drug-likeness (QED) is 0.395. The number of benzene rings is 2. The van der Waals surface area contributed by atoms with E-state index in [4.69, 9.17) is 4.74 Å². The number of thioether (sulfide) groups is 1. The summed E-state index contributed by atoms with van der Waals surface area (Å²) in [5.74, 6) is 1.42. The molecule has 0 radical (unpaired) electrons. The SMILES string of the molecule is C=CCn1c(SC(C)C(=O)Nc2ccc(CC)cc2)nnc1-c1ccc(OC)cc1. The van der Waals surface area contributed by atoms with Crippen molar-refractivity contribution in [3.63, 3.8) is 0 Å². The van der Waals surface area contributed by atoms with Gasteiger partial charge in [-0.15, -0.1) is 16.8 Å². The molecule has 2 aromatic carbocycles. The number of allylic oxidation sites excluding steroid dienone is 1. The third kappa shape index (κ3) is 5.10. The molecule has 7 heteroatoms. The molecule has 0 fully saturated rings. The third-order valence-corrected chi connectivity index (χ3v) is 5.74. The van der Waals surface area contributed by atoms with Gasteiger partial charge in [-0.1, -0.05) is 36.9 Å². The predicted octanol–water partition coefficient (Wildman–Crippen LogP) is 4.82. The van der Waals surface area contributed by atoms with Gasteiger partial charge >= 0.3 is 0 Å². The minimum Gasteiger partial charge on any atom is -0.497 e. The molecule has 0 saturated heterocycles. The van der Waals surface area contributed by atoms with E-state index >= 15 is 0 Å². The van der Waals surface area contributed by atoms with Gasteiger partial charge in [0.1, 0.15) is 5.75 Å². The lowest BCUT2D eigenvalue weighted by atomic mass is 10.1. The van der Waals surface area contributed by atoms with Crippen LogP contribution in [0.5, 0.6) is 5.75 Å². The van der Waals surface area contributed by atoms with Crippen LogP contribution in [0.2, 0.25) is 0 Å². The topological polar surface area (TPSA) is 69.0 Å². The van der Waals surface area contributed by atoms with E-state index in [2.05, 4.69) is 29.0 Å². The number of carbonyl (C=O) groups excluding carboxylic acids is 1. The number of amides is 1. The van der Waals surface area contributed by atoms with Crippen molar-refractivity contribution < 1.29 is 9.53 Å². The Morgan fingerprint density at radius 3 is 2.50 bits per heavy atom. The van der Waals surface area contributed by atoms with Gasteiger partial charge in [-0.3, -0.25) is 9.36 Å². The first-order valence-corrected chi connectivity index (χ1v) is 10.7. The Balaban J connectivity index is 1.74. The fraction of sp³-hybridized carbons (Fsp3) is 0.261. The van der Waals surface area contributed by atoms with Gasteiger partial charge in [0.05, 0.1) is 12.4 Å². The highest BCUT2D eigenvalue weighted by Gasteiger charge is 2.20. The van der Waals surface area contributed by atoms with E-state index in [9.17, 15) is 4.79 Å². The van der Waals surface area contributed by atoms with Crippen molar-refractivity contribution in [1.29, 1.82) is 0 Å². The molecule has 3 aromatic rings. The minimum atomic E-state index is -0.340. The van der Waals surface area contributed by atoms with E-state index in [0.717, 1.165) is 29.2 Å². The third-order valence-electron chi connectivity index (χ3n) is 4.66.